The highest BCUT2D eigenvalue weighted by atomic mass is 15.0. The predicted molar refractivity (Wildman–Crippen MR) is 74.8 cm³/mol. The number of rotatable bonds is 3. The molecular weight excluding hydrogens is 222 g/mol. The Balaban J connectivity index is 2.20. The number of fused-ring (bicyclic) bond motifs is 3. The Morgan fingerprint density at radius 3 is 2.89 bits per heavy atom. The summed E-state index contributed by atoms with van der Waals surface area (Å²) in [6.07, 6.45) is 6.34. The standard InChI is InChI=1S/C15H17N3/c1-11-12(6-4-8-16)9-18-10-13-5-2-3-7-14(13)15(18)17-11/h2-3,5,7,9-10H,4,6,8,16H2,1H3. The molecule has 18 heavy (non-hydrogen) atoms. The smallest absolute Gasteiger partial charge is 0.144 e. The van der Waals surface area contributed by atoms with Gasteiger partial charge in [0.05, 0.1) is 0 Å². The lowest BCUT2D eigenvalue weighted by Gasteiger charge is -2.05. The Bertz CT molecular complexity index is 697. The molecule has 0 aliphatic rings. The fourth-order valence-corrected chi connectivity index (χ4v) is 2.41. The molecule has 0 saturated heterocycles. The molecule has 3 nitrogen and oxygen atoms in total. The second kappa shape index (κ2) is 4.42. The summed E-state index contributed by atoms with van der Waals surface area (Å²) in [7, 11) is 0. The van der Waals surface area contributed by atoms with Gasteiger partial charge in [-0.1, -0.05) is 24.3 Å². The van der Waals surface area contributed by atoms with Crippen LogP contribution in [0.5, 0.6) is 0 Å². The molecule has 0 bridgehead atoms. The van der Waals surface area contributed by atoms with Crippen LogP contribution >= 0.6 is 0 Å². The third-order valence-corrected chi connectivity index (χ3v) is 3.41. The van der Waals surface area contributed by atoms with Crippen molar-refractivity contribution in [1.82, 2.24) is 9.38 Å². The van der Waals surface area contributed by atoms with Gasteiger partial charge in [-0.3, -0.25) is 0 Å². The van der Waals surface area contributed by atoms with E-state index in [4.69, 9.17) is 10.7 Å². The second-order valence-corrected chi connectivity index (χ2v) is 4.69. The van der Waals surface area contributed by atoms with E-state index in [-0.39, 0.29) is 0 Å². The number of nitrogens with two attached hydrogens (primary N) is 1. The van der Waals surface area contributed by atoms with Gasteiger partial charge in [-0.05, 0) is 31.9 Å². The van der Waals surface area contributed by atoms with E-state index >= 15 is 0 Å². The Kier molecular flexibility index (Phi) is 2.76. The van der Waals surface area contributed by atoms with E-state index in [0.29, 0.717) is 0 Å². The molecule has 0 aliphatic carbocycles. The van der Waals surface area contributed by atoms with Crippen molar-refractivity contribution >= 4 is 16.4 Å². The van der Waals surface area contributed by atoms with Gasteiger partial charge in [-0.2, -0.15) is 0 Å². The zero-order chi connectivity index (χ0) is 12.5. The minimum atomic E-state index is 0.727. The first-order chi connectivity index (χ1) is 8.79. The Hall–Kier alpha value is -1.87. The lowest BCUT2D eigenvalue weighted by atomic mass is 10.1. The Labute approximate surface area is 106 Å². The van der Waals surface area contributed by atoms with Crippen molar-refractivity contribution in [3.05, 3.63) is 47.9 Å². The number of benzene rings is 1. The Morgan fingerprint density at radius 1 is 1.22 bits per heavy atom. The quantitative estimate of drug-likeness (QED) is 0.763. The van der Waals surface area contributed by atoms with E-state index in [0.717, 1.165) is 30.7 Å². The highest BCUT2D eigenvalue weighted by Gasteiger charge is 2.07. The molecule has 2 aromatic heterocycles. The van der Waals surface area contributed by atoms with Gasteiger partial charge in [-0.15, -0.1) is 0 Å². The number of hydrogen-bond acceptors (Lipinski definition) is 2. The van der Waals surface area contributed by atoms with Crippen molar-refractivity contribution in [3.8, 4) is 0 Å². The maximum Gasteiger partial charge on any atom is 0.144 e. The number of hydrogen-bond donors (Lipinski definition) is 1. The van der Waals surface area contributed by atoms with Crippen LogP contribution in [0.4, 0.5) is 0 Å². The zero-order valence-electron chi connectivity index (χ0n) is 10.6. The molecule has 0 fully saturated rings. The lowest BCUT2D eigenvalue weighted by molar-refractivity contribution is 0.814. The van der Waals surface area contributed by atoms with Crippen LogP contribution in [0.25, 0.3) is 16.4 Å². The summed E-state index contributed by atoms with van der Waals surface area (Å²) in [5.74, 6) is 0. The molecule has 3 aromatic rings. The topological polar surface area (TPSA) is 43.3 Å². The molecule has 92 valence electrons. The molecule has 3 rings (SSSR count). The monoisotopic (exact) mass is 239 g/mol. The number of nitrogens with zero attached hydrogens (tertiary/aromatic N) is 2. The molecule has 0 atom stereocenters. The van der Waals surface area contributed by atoms with Crippen molar-refractivity contribution < 1.29 is 0 Å². The first kappa shape index (κ1) is 11.2. The van der Waals surface area contributed by atoms with Crippen molar-refractivity contribution in [2.75, 3.05) is 6.54 Å². The van der Waals surface area contributed by atoms with Crippen LogP contribution in [0, 0.1) is 6.92 Å². The first-order valence-electron chi connectivity index (χ1n) is 6.35. The highest BCUT2D eigenvalue weighted by molar-refractivity contribution is 5.95. The number of aromatic nitrogens is 2. The SMILES string of the molecule is Cc1nc2c3ccccc3cn2cc1CCCN. The Morgan fingerprint density at radius 2 is 2.06 bits per heavy atom. The number of aryl methyl sites for hydroxylation is 2. The minimum Gasteiger partial charge on any atom is -0.330 e. The van der Waals surface area contributed by atoms with E-state index < -0.39 is 0 Å². The van der Waals surface area contributed by atoms with Crippen molar-refractivity contribution in [1.29, 1.82) is 0 Å². The first-order valence-corrected chi connectivity index (χ1v) is 6.35. The van der Waals surface area contributed by atoms with Crippen LogP contribution in [-0.2, 0) is 6.42 Å². The highest BCUT2D eigenvalue weighted by Crippen LogP contribution is 2.22. The van der Waals surface area contributed by atoms with Gasteiger partial charge in [0.1, 0.15) is 5.65 Å². The van der Waals surface area contributed by atoms with Crippen LogP contribution in [0.15, 0.2) is 36.7 Å². The second-order valence-electron chi connectivity index (χ2n) is 4.69. The van der Waals surface area contributed by atoms with Crippen LogP contribution < -0.4 is 5.73 Å². The molecule has 2 N–H and O–H groups in total. The van der Waals surface area contributed by atoms with E-state index in [9.17, 15) is 0 Å². The van der Waals surface area contributed by atoms with Crippen LogP contribution in [0.1, 0.15) is 17.7 Å². The summed E-state index contributed by atoms with van der Waals surface area (Å²) >= 11 is 0. The fourth-order valence-electron chi connectivity index (χ4n) is 2.41. The molecule has 0 amide bonds. The van der Waals surface area contributed by atoms with E-state index in [1.807, 2.05) is 0 Å². The molecule has 0 saturated carbocycles. The molecule has 1 aromatic carbocycles. The summed E-state index contributed by atoms with van der Waals surface area (Å²) in [6, 6.07) is 8.36. The average molecular weight is 239 g/mol. The molecule has 0 aliphatic heterocycles. The van der Waals surface area contributed by atoms with Crippen molar-refractivity contribution in [3.63, 3.8) is 0 Å². The third kappa shape index (κ3) is 1.77. The van der Waals surface area contributed by atoms with E-state index in [1.54, 1.807) is 0 Å². The molecule has 2 heterocycles. The molecular formula is C15H17N3. The van der Waals surface area contributed by atoms with Crippen LogP contribution in [-0.4, -0.2) is 15.9 Å². The largest absolute Gasteiger partial charge is 0.330 e. The molecule has 0 unspecified atom stereocenters. The molecule has 0 radical (unpaired) electrons. The van der Waals surface area contributed by atoms with Gasteiger partial charge in [0.2, 0.25) is 0 Å². The van der Waals surface area contributed by atoms with Gasteiger partial charge >= 0.3 is 0 Å². The lowest BCUT2D eigenvalue weighted by Crippen LogP contribution is -2.03. The summed E-state index contributed by atoms with van der Waals surface area (Å²) in [4.78, 5) is 4.74. The van der Waals surface area contributed by atoms with Crippen LogP contribution in [0.3, 0.4) is 0 Å². The zero-order valence-corrected chi connectivity index (χ0v) is 10.6. The molecule has 0 spiro atoms. The predicted octanol–water partition coefficient (Wildman–Crippen LogP) is 2.69. The van der Waals surface area contributed by atoms with Crippen molar-refractivity contribution in [2.24, 2.45) is 5.73 Å². The minimum absolute atomic E-state index is 0.727. The van der Waals surface area contributed by atoms with Gasteiger partial charge in [0.25, 0.3) is 0 Å². The van der Waals surface area contributed by atoms with Gasteiger partial charge < -0.3 is 10.1 Å². The van der Waals surface area contributed by atoms with Gasteiger partial charge in [0.15, 0.2) is 0 Å². The summed E-state index contributed by atoms with van der Waals surface area (Å²) in [6.45, 7) is 2.80. The average Bonchev–Trinajstić information content (AvgIpc) is 2.74. The fraction of sp³-hybridized carbons (Fsp3) is 0.267. The maximum absolute atomic E-state index is 5.57. The van der Waals surface area contributed by atoms with Crippen molar-refractivity contribution in [2.45, 2.75) is 19.8 Å². The summed E-state index contributed by atoms with van der Waals surface area (Å²) in [5.41, 5.74) is 9.01. The molecule has 3 heteroatoms. The third-order valence-electron chi connectivity index (χ3n) is 3.41. The maximum atomic E-state index is 5.57. The summed E-state index contributed by atoms with van der Waals surface area (Å²) < 4.78 is 2.13. The van der Waals surface area contributed by atoms with Gasteiger partial charge in [0, 0.05) is 28.9 Å². The van der Waals surface area contributed by atoms with Gasteiger partial charge in [-0.25, -0.2) is 4.98 Å². The van der Waals surface area contributed by atoms with Crippen LogP contribution in [0.2, 0.25) is 0 Å². The summed E-state index contributed by atoms with van der Waals surface area (Å²) in [5, 5.41) is 2.45. The van der Waals surface area contributed by atoms with E-state index in [2.05, 4.69) is 48.0 Å². The van der Waals surface area contributed by atoms with E-state index in [1.165, 1.54) is 16.3 Å². The normalized spacial score (nSPS) is 11.4.